The highest BCUT2D eigenvalue weighted by atomic mass is 35.5. The van der Waals surface area contributed by atoms with E-state index < -0.39 is 0 Å². The van der Waals surface area contributed by atoms with Gasteiger partial charge in [0.05, 0.1) is 0 Å². The van der Waals surface area contributed by atoms with Crippen LogP contribution in [0.4, 0.5) is 4.39 Å². The average molecular weight is 220 g/mol. The van der Waals surface area contributed by atoms with Crippen molar-refractivity contribution in [1.29, 1.82) is 0 Å². The van der Waals surface area contributed by atoms with Crippen LogP contribution in [0.3, 0.4) is 0 Å². The van der Waals surface area contributed by atoms with Crippen molar-refractivity contribution in [3.63, 3.8) is 0 Å². The van der Waals surface area contributed by atoms with Gasteiger partial charge in [-0.15, -0.1) is 12.4 Å². The highest BCUT2D eigenvalue weighted by Crippen LogP contribution is 2.11. The Morgan fingerprint density at radius 1 is 1.50 bits per heavy atom. The SMILES string of the molecule is CCC(N)COc1cccc(F)c1.Cl. The van der Waals surface area contributed by atoms with Crippen LogP contribution in [-0.2, 0) is 0 Å². The van der Waals surface area contributed by atoms with E-state index in [-0.39, 0.29) is 24.3 Å². The minimum atomic E-state index is -0.289. The van der Waals surface area contributed by atoms with Crippen molar-refractivity contribution in [2.75, 3.05) is 6.61 Å². The zero-order valence-electron chi connectivity index (χ0n) is 8.07. The Kier molecular flexibility index (Phi) is 6.25. The van der Waals surface area contributed by atoms with Gasteiger partial charge in [-0.2, -0.15) is 0 Å². The molecule has 0 saturated heterocycles. The smallest absolute Gasteiger partial charge is 0.126 e. The molecule has 0 fully saturated rings. The summed E-state index contributed by atoms with van der Waals surface area (Å²) in [6, 6.07) is 6.08. The molecule has 0 saturated carbocycles. The first kappa shape index (κ1) is 13.2. The van der Waals surface area contributed by atoms with E-state index >= 15 is 0 Å². The molecule has 80 valence electrons. The fourth-order valence-electron chi connectivity index (χ4n) is 0.878. The van der Waals surface area contributed by atoms with Gasteiger partial charge in [0, 0.05) is 12.1 Å². The molecule has 0 aliphatic heterocycles. The van der Waals surface area contributed by atoms with Crippen LogP contribution in [0.5, 0.6) is 5.75 Å². The van der Waals surface area contributed by atoms with Crippen molar-refractivity contribution < 1.29 is 9.13 Å². The van der Waals surface area contributed by atoms with E-state index in [2.05, 4.69) is 0 Å². The van der Waals surface area contributed by atoms with Crippen LogP contribution in [0.25, 0.3) is 0 Å². The van der Waals surface area contributed by atoms with Crippen LogP contribution in [0.2, 0.25) is 0 Å². The molecule has 1 aromatic rings. The van der Waals surface area contributed by atoms with Crippen LogP contribution in [0.1, 0.15) is 13.3 Å². The lowest BCUT2D eigenvalue weighted by Crippen LogP contribution is -2.26. The van der Waals surface area contributed by atoms with Gasteiger partial charge >= 0.3 is 0 Å². The highest BCUT2D eigenvalue weighted by Gasteiger charge is 2.00. The molecular weight excluding hydrogens is 205 g/mol. The van der Waals surface area contributed by atoms with Crippen molar-refractivity contribution in [2.45, 2.75) is 19.4 Å². The minimum Gasteiger partial charge on any atom is -0.492 e. The number of halogens is 2. The molecule has 0 heterocycles. The largest absolute Gasteiger partial charge is 0.492 e. The number of benzene rings is 1. The number of hydrogen-bond acceptors (Lipinski definition) is 2. The van der Waals surface area contributed by atoms with Crippen molar-refractivity contribution >= 4 is 12.4 Å². The Labute approximate surface area is 89.7 Å². The van der Waals surface area contributed by atoms with E-state index in [1.165, 1.54) is 12.1 Å². The van der Waals surface area contributed by atoms with Crippen LogP contribution in [0.15, 0.2) is 24.3 Å². The minimum absolute atomic E-state index is 0. The van der Waals surface area contributed by atoms with Gasteiger partial charge in [-0.05, 0) is 18.6 Å². The van der Waals surface area contributed by atoms with Crippen molar-refractivity contribution in [3.8, 4) is 5.75 Å². The van der Waals surface area contributed by atoms with Crippen molar-refractivity contribution in [2.24, 2.45) is 5.73 Å². The van der Waals surface area contributed by atoms with Gasteiger partial charge in [-0.25, -0.2) is 4.39 Å². The molecular formula is C10H15ClFNO. The first-order valence-electron chi connectivity index (χ1n) is 4.36. The van der Waals surface area contributed by atoms with Gasteiger partial charge in [0.1, 0.15) is 18.2 Å². The lowest BCUT2D eigenvalue weighted by Gasteiger charge is -2.10. The first-order chi connectivity index (χ1) is 6.22. The second-order valence-corrected chi connectivity index (χ2v) is 2.94. The van der Waals surface area contributed by atoms with Crippen LogP contribution in [-0.4, -0.2) is 12.6 Å². The normalized spacial score (nSPS) is 11.6. The summed E-state index contributed by atoms with van der Waals surface area (Å²) in [4.78, 5) is 0. The predicted octanol–water partition coefficient (Wildman–Crippen LogP) is 2.36. The molecule has 2 nitrogen and oxygen atoms in total. The Balaban J connectivity index is 0.00000169. The zero-order chi connectivity index (χ0) is 9.68. The zero-order valence-corrected chi connectivity index (χ0v) is 8.89. The quantitative estimate of drug-likeness (QED) is 0.844. The summed E-state index contributed by atoms with van der Waals surface area (Å²) in [6.07, 6.45) is 0.856. The molecule has 14 heavy (non-hydrogen) atoms. The lowest BCUT2D eigenvalue weighted by molar-refractivity contribution is 0.284. The van der Waals surface area contributed by atoms with Crippen LogP contribution in [0, 0.1) is 5.82 Å². The molecule has 2 N–H and O–H groups in total. The van der Waals surface area contributed by atoms with E-state index in [0.717, 1.165) is 6.42 Å². The van der Waals surface area contributed by atoms with Gasteiger partial charge in [0.2, 0.25) is 0 Å². The first-order valence-corrected chi connectivity index (χ1v) is 4.36. The van der Waals surface area contributed by atoms with Gasteiger partial charge in [-0.3, -0.25) is 0 Å². The Hall–Kier alpha value is -0.800. The molecule has 1 rings (SSSR count). The summed E-state index contributed by atoms with van der Waals surface area (Å²) in [6.45, 7) is 2.42. The van der Waals surface area contributed by atoms with E-state index in [1.807, 2.05) is 6.92 Å². The van der Waals surface area contributed by atoms with Crippen molar-refractivity contribution in [1.82, 2.24) is 0 Å². The third-order valence-corrected chi connectivity index (χ3v) is 1.78. The molecule has 4 heteroatoms. The maximum Gasteiger partial charge on any atom is 0.126 e. The van der Waals surface area contributed by atoms with Crippen molar-refractivity contribution in [3.05, 3.63) is 30.1 Å². The summed E-state index contributed by atoms with van der Waals surface area (Å²) < 4.78 is 17.9. The number of hydrogen-bond donors (Lipinski definition) is 1. The molecule has 0 amide bonds. The van der Waals surface area contributed by atoms with Crippen LogP contribution < -0.4 is 10.5 Å². The monoisotopic (exact) mass is 219 g/mol. The lowest BCUT2D eigenvalue weighted by atomic mass is 10.2. The summed E-state index contributed by atoms with van der Waals surface area (Å²) in [7, 11) is 0. The van der Waals surface area contributed by atoms with Gasteiger partial charge in [0.15, 0.2) is 0 Å². The van der Waals surface area contributed by atoms with Crippen LogP contribution >= 0.6 is 12.4 Å². The van der Waals surface area contributed by atoms with Gasteiger partial charge in [0.25, 0.3) is 0 Å². The summed E-state index contributed by atoms with van der Waals surface area (Å²) in [5, 5.41) is 0. The number of rotatable bonds is 4. The maximum absolute atomic E-state index is 12.7. The fourth-order valence-corrected chi connectivity index (χ4v) is 0.878. The standard InChI is InChI=1S/C10H14FNO.ClH/c1-2-9(12)7-13-10-5-3-4-8(11)6-10;/h3-6,9H,2,7,12H2,1H3;1H. The summed E-state index contributed by atoms with van der Waals surface area (Å²) in [5.74, 6) is 0.242. The predicted molar refractivity (Wildman–Crippen MR) is 57.4 cm³/mol. The number of nitrogens with two attached hydrogens (primary N) is 1. The summed E-state index contributed by atoms with van der Waals surface area (Å²) in [5.41, 5.74) is 5.64. The molecule has 0 bridgehead atoms. The van der Waals surface area contributed by atoms with Gasteiger partial charge < -0.3 is 10.5 Å². The number of ether oxygens (including phenoxy) is 1. The molecule has 0 aromatic heterocycles. The Morgan fingerprint density at radius 2 is 2.21 bits per heavy atom. The second kappa shape index (κ2) is 6.62. The van der Waals surface area contributed by atoms with E-state index in [1.54, 1.807) is 12.1 Å². The third-order valence-electron chi connectivity index (χ3n) is 1.78. The molecule has 1 atom stereocenters. The van der Waals surface area contributed by atoms with E-state index in [0.29, 0.717) is 12.4 Å². The summed E-state index contributed by atoms with van der Waals surface area (Å²) >= 11 is 0. The second-order valence-electron chi connectivity index (χ2n) is 2.94. The molecule has 0 aliphatic rings. The molecule has 0 radical (unpaired) electrons. The molecule has 1 aromatic carbocycles. The molecule has 0 aliphatic carbocycles. The topological polar surface area (TPSA) is 35.2 Å². The van der Waals surface area contributed by atoms with E-state index in [4.69, 9.17) is 10.5 Å². The Morgan fingerprint density at radius 3 is 2.79 bits per heavy atom. The van der Waals surface area contributed by atoms with E-state index in [9.17, 15) is 4.39 Å². The Bertz CT molecular complexity index is 270. The third kappa shape index (κ3) is 4.44. The molecule has 1 unspecified atom stereocenters. The van der Waals surface area contributed by atoms with Gasteiger partial charge in [-0.1, -0.05) is 13.0 Å². The maximum atomic E-state index is 12.7. The highest BCUT2D eigenvalue weighted by molar-refractivity contribution is 5.85. The fraction of sp³-hybridized carbons (Fsp3) is 0.400. The molecule has 0 spiro atoms. The average Bonchev–Trinajstić information content (AvgIpc) is 2.14.